The molecule has 21 heavy (non-hydrogen) atoms. The molecule has 1 aliphatic carbocycles. The van der Waals surface area contributed by atoms with Crippen LogP contribution >= 0.6 is 11.6 Å². The normalized spacial score (nSPS) is 30.3. The molecule has 2 atom stereocenters. The van der Waals surface area contributed by atoms with E-state index in [-0.39, 0.29) is 11.4 Å². The minimum atomic E-state index is 0.0174. The van der Waals surface area contributed by atoms with Gasteiger partial charge < -0.3 is 10.2 Å². The fourth-order valence-electron chi connectivity index (χ4n) is 4.43. The van der Waals surface area contributed by atoms with Crippen LogP contribution in [0.1, 0.15) is 40.0 Å². The Labute approximate surface area is 131 Å². The number of anilines is 1. The van der Waals surface area contributed by atoms with Gasteiger partial charge >= 0.3 is 6.03 Å². The summed E-state index contributed by atoms with van der Waals surface area (Å²) in [7, 11) is 0. The molecule has 0 radical (unpaired) electrons. The van der Waals surface area contributed by atoms with Gasteiger partial charge in [0, 0.05) is 23.3 Å². The topological polar surface area (TPSA) is 32.3 Å². The summed E-state index contributed by atoms with van der Waals surface area (Å²) in [6, 6.07) is 7.66. The van der Waals surface area contributed by atoms with Crippen LogP contribution < -0.4 is 5.32 Å². The number of amides is 2. The number of nitrogens with zero attached hydrogens (tertiary/aromatic N) is 1. The molecule has 1 N–H and O–H groups in total. The van der Waals surface area contributed by atoms with Crippen molar-refractivity contribution in [3.8, 4) is 0 Å². The van der Waals surface area contributed by atoms with Gasteiger partial charge in [-0.3, -0.25) is 0 Å². The Morgan fingerprint density at radius 3 is 2.57 bits per heavy atom. The monoisotopic (exact) mass is 306 g/mol. The molecule has 1 aromatic carbocycles. The van der Waals surface area contributed by atoms with Crippen LogP contribution in [0.4, 0.5) is 10.5 Å². The molecule has 3 nitrogen and oxygen atoms in total. The molecule has 1 aromatic rings. The summed E-state index contributed by atoms with van der Waals surface area (Å²) in [6.07, 6.45) is 3.42. The summed E-state index contributed by atoms with van der Waals surface area (Å²) < 4.78 is 0. The van der Waals surface area contributed by atoms with Gasteiger partial charge in [-0.2, -0.15) is 0 Å². The molecule has 4 heteroatoms. The predicted octanol–water partition coefficient (Wildman–Crippen LogP) is 4.77. The van der Waals surface area contributed by atoms with E-state index in [0.717, 1.165) is 25.1 Å². The highest BCUT2D eigenvalue weighted by molar-refractivity contribution is 6.30. The van der Waals surface area contributed by atoms with Crippen molar-refractivity contribution in [2.75, 3.05) is 11.9 Å². The maximum atomic E-state index is 12.6. The van der Waals surface area contributed by atoms with E-state index in [1.807, 2.05) is 17.0 Å². The zero-order valence-electron chi connectivity index (χ0n) is 12.9. The summed E-state index contributed by atoms with van der Waals surface area (Å²) in [4.78, 5) is 14.6. The van der Waals surface area contributed by atoms with Gasteiger partial charge in [-0.1, -0.05) is 32.4 Å². The van der Waals surface area contributed by atoms with E-state index in [1.54, 1.807) is 12.1 Å². The third-order valence-electron chi connectivity index (χ3n) is 4.77. The minimum Gasteiger partial charge on any atom is -0.321 e. The summed E-state index contributed by atoms with van der Waals surface area (Å²) >= 11 is 5.87. The Kier molecular flexibility index (Phi) is 3.44. The van der Waals surface area contributed by atoms with E-state index in [0.29, 0.717) is 16.5 Å². The number of hydrogen-bond donors (Lipinski definition) is 1. The van der Waals surface area contributed by atoms with Gasteiger partial charge in [-0.05, 0) is 54.4 Å². The molecular formula is C17H23ClN2O. The average Bonchev–Trinajstić information content (AvgIpc) is 2.61. The second kappa shape index (κ2) is 4.91. The Hall–Kier alpha value is -1.22. The first kappa shape index (κ1) is 14.7. The van der Waals surface area contributed by atoms with Gasteiger partial charge in [0.05, 0.1) is 0 Å². The van der Waals surface area contributed by atoms with Crippen LogP contribution in [-0.2, 0) is 0 Å². The molecule has 114 valence electrons. The van der Waals surface area contributed by atoms with Crippen molar-refractivity contribution in [2.24, 2.45) is 10.8 Å². The number of urea groups is 1. The predicted molar refractivity (Wildman–Crippen MR) is 86.7 cm³/mol. The van der Waals surface area contributed by atoms with Crippen molar-refractivity contribution in [2.45, 2.75) is 46.1 Å². The maximum Gasteiger partial charge on any atom is 0.322 e. The lowest BCUT2D eigenvalue weighted by atomic mass is 9.65. The van der Waals surface area contributed by atoms with E-state index < -0.39 is 0 Å². The van der Waals surface area contributed by atoms with Crippen LogP contribution in [0.15, 0.2) is 24.3 Å². The molecular weight excluding hydrogens is 284 g/mol. The molecule has 2 amide bonds. The molecule has 1 saturated carbocycles. The minimum absolute atomic E-state index is 0.0174. The quantitative estimate of drug-likeness (QED) is 0.796. The second-order valence-corrected chi connectivity index (χ2v) is 8.22. The zero-order valence-corrected chi connectivity index (χ0v) is 13.7. The lowest BCUT2D eigenvalue weighted by Crippen LogP contribution is -2.40. The molecule has 3 rings (SSSR count). The highest BCUT2D eigenvalue weighted by Crippen LogP contribution is 2.52. The zero-order chi connectivity index (χ0) is 15.3. The number of fused-ring (bicyclic) bond motifs is 2. The van der Waals surface area contributed by atoms with Crippen molar-refractivity contribution < 1.29 is 4.79 Å². The fourth-order valence-corrected chi connectivity index (χ4v) is 4.55. The van der Waals surface area contributed by atoms with Crippen molar-refractivity contribution in [1.29, 1.82) is 0 Å². The third-order valence-corrected chi connectivity index (χ3v) is 5.02. The van der Waals surface area contributed by atoms with Gasteiger partial charge in [-0.25, -0.2) is 4.79 Å². The molecule has 1 heterocycles. The van der Waals surface area contributed by atoms with Gasteiger partial charge in [-0.15, -0.1) is 0 Å². The first-order valence-electron chi connectivity index (χ1n) is 7.60. The Bertz CT molecular complexity index is 554. The van der Waals surface area contributed by atoms with Crippen LogP contribution in [0, 0.1) is 10.8 Å². The number of carbonyl (C=O) groups is 1. The third kappa shape index (κ3) is 3.03. The van der Waals surface area contributed by atoms with E-state index in [4.69, 9.17) is 11.6 Å². The molecule has 1 saturated heterocycles. The highest BCUT2D eigenvalue weighted by Gasteiger charge is 2.50. The number of nitrogens with one attached hydrogen (secondary N) is 1. The number of rotatable bonds is 1. The SMILES string of the molecule is CC1(C)C[C@H]2C[C@](C)(CN2C(=O)Nc2ccc(Cl)cc2)C1. The number of halogens is 1. The maximum absolute atomic E-state index is 12.6. The molecule has 2 fully saturated rings. The van der Waals surface area contributed by atoms with Crippen LogP contribution in [-0.4, -0.2) is 23.5 Å². The van der Waals surface area contributed by atoms with E-state index >= 15 is 0 Å². The Morgan fingerprint density at radius 1 is 1.24 bits per heavy atom. The van der Waals surface area contributed by atoms with Crippen LogP contribution in [0.2, 0.25) is 5.02 Å². The van der Waals surface area contributed by atoms with Crippen LogP contribution in [0.25, 0.3) is 0 Å². The first-order chi connectivity index (χ1) is 9.76. The lowest BCUT2D eigenvalue weighted by Gasteiger charge is -2.39. The standard InChI is InChI=1S/C17H23ClN2O/c1-16(2)8-14-9-17(3,10-16)11-20(14)15(21)19-13-6-4-12(18)5-7-13/h4-7,14H,8-11H2,1-3H3,(H,19,21)/t14-,17-/m0/s1. The Morgan fingerprint density at radius 2 is 1.90 bits per heavy atom. The fraction of sp³-hybridized carbons (Fsp3) is 0.588. The lowest BCUT2D eigenvalue weighted by molar-refractivity contribution is 0.130. The largest absolute Gasteiger partial charge is 0.322 e. The Balaban J connectivity index is 1.73. The summed E-state index contributed by atoms with van der Waals surface area (Å²) in [5, 5.41) is 3.68. The van der Waals surface area contributed by atoms with Crippen LogP contribution in [0.5, 0.6) is 0 Å². The van der Waals surface area contributed by atoms with Crippen LogP contribution in [0.3, 0.4) is 0 Å². The number of hydrogen-bond acceptors (Lipinski definition) is 1. The van der Waals surface area contributed by atoms with Gasteiger partial charge in [0.1, 0.15) is 0 Å². The molecule has 2 aliphatic rings. The van der Waals surface area contributed by atoms with Gasteiger partial charge in [0.2, 0.25) is 0 Å². The van der Waals surface area contributed by atoms with Crippen molar-refractivity contribution in [3.05, 3.63) is 29.3 Å². The second-order valence-electron chi connectivity index (χ2n) is 7.78. The van der Waals surface area contributed by atoms with Gasteiger partial charge in [0.25, 0.3) is 0 Å². The van der Waals surface area contributed by atoms with Crippen molar-refractivity contribution in [1.82, 2.24) is 4.90 Å². The number of likely N-dealkylation sites (tertiary alicyclic amines) is 1. The summed E-state index contributed by atoms with van der Waals surface area (Å²) in [5.41, 5.74) is 1.40. The summed E-state index contributed by atoms with van der Waals surface area (Å²) in [6.45, 7) is 7.81. The average molecular weight is 307 g/mol. The van der Waals surface area contributed by atoms with E-state index in [1.165, 1.54) is 6.42 Å². The molecule has 1 aliphatic heterocycles. The first-order valence-corrected chi connectivity index (χ1v) is 7.97. The molecule has 0 spiro atoms. The highest BCUT2D eigenvalue weighted by atomic mass is 35.5. The summed E-state index contributed by atoms with van der Waals surface area (Å²) in [5.74, 6) is 0. The van der Waals surface area contributed by atoms with Gasteiger partial charge in [0.15, 0.2) is 0 Å². The van der Waals surface area contributed by atoms with Crippen molar-refractivity contribution >= 4 is 23.3 Å². The van der Waals surface area contributed by atoms with Crippen molar-refractivity contribution in [3.63, 3.8) is 0 Å². The molecule has 0 aromatic heterocycles. The molecule has 0 unspecified atom stereocenters. The van der Waals surface area contributed by atoms with E-state index in [9.17, 15) is 4.79 Å². The smallest absolute Gasteiger partial charge is 0.321 e. The number of carbonyl (C=O) groups excluding carboxylic acids is 1. The van der Waals surface area contributed by atoms with E-state index in [2.05, 4.69) is 26.1 Å². The number of benzene rings is 1. The molecule has 2 bridgehead atoms.